The maximum atomic E-state index is 11.3. The monoisotopic (exact) mass is 177 g/mol. The second-order valence-corrected chi connectivity index (χ2v) is 2.75. The Labute approximate surface area is 76.8 Å². The average molecular weight is 177 g/mol. The van der Waals surface area contributed by atoms with Crippen LogP contribution < -0.4 is 5.32 Å². The molecule has 1 unspecified atom stereocenters. The van der Waals surface area contributed by atoms with E-state index >= 15 is 0 Å². The molecule has 68 valence electrons. The number of carbonyl (C=O) groups is 1. The third-order valence-electron chi connectivity index (χ3n) is 1.54. The smallest absolute Gasteiger partial charge is 0.269 e. The van der Waals surface area contributed by atoms with Crippen LogP contribution in [0.25, 0.3) is 0 Å². The molecule has 4 heteroatoms. The zero-order valence-corrected chi connectivity index (χ0v) is 7.37. The number of nitrogens with one attached hydrogen (secondary N) is 2. The first kappa shape index (κ1) is 9.33. The van der Waals surface area contributed by atoms with Gasteiger partial charge in [0.25, 0.3) is 5.91 Å². The first-order chi connectivity index (χ1) is 6.24. The highest BCUT2D eigenvalue weighted by atomic mass is 16.1. The van der Waals surface area contributed by atoms with E-state index in [4.69, 9.17) is 6.42 Å². The Morgan fingerprint density at radius 3 is 3.23 bits per heavy atom. The normalized spacial score (nSPS) is 11.7. The fraction of sp³-hybridized carbons (Fsp3) is 0.333. The second kappa shape index (κ2) is 4.31. The summed E-state index contributed by atoms with van der Waals surface area (Å²) in [5, 5.41) is 2.73. The van der Waals surface area contributed by atoms with Crippen molar-refractivity contribution in [3.8, 4) is 12.3 Å². The molecule has 0 fully saturated rings. The molecule has 4 nitrogen and oxygen atoms in total. The first-order valence-corrected chi connectivity index (χ1v) is 3.96. The van der Waals surface area contributed by atoms with E-state index in [9.17, 15) is 4.79 Å². The molecular weight excluding hydrogens is 166 g/mol. The van der Waals surface area contributed by atoms with Crippen LogP contribution in [0.15, 0.2) is 12.5 Å². The Balaban J connectivity index is 2.48. The fourth-order valence-electron chi connectivity index (χ4n) is 0.909. The summed E-state index contributed by atoms with van der Waals surface area (Å²) in [7, 11) is 0. The number of amides is 1. The molecule has 1 aromatic heterocycles. The molecule has 0 aromatic carbocycles. The number of terminal acetylenes is 1. The quantitative estimate of drug-likeness (QED) is 0.662. The highest BCUT2D eigenvalue weighted by molar-refractivity contribution is 5.92. The Morgan fingerprint density at radius 2 is 2.69 bits per heavy atom. The van der Waals surface area contributed by atoms with Crippen LogP contribution in [0.5, 0.6) is 0 Å². The molecule has 13 heavy (non-hydrogen) atoms. The minimum Gasteiger partial charge on any atom is -0.347 e. The van der Waals surface area contributed by atoms with E-state index in [-0.39, 0.29) is 11.9 Å². The number of imidazole rings is 1. The molecule has 0 saturated carbocycles. The summed E-state index contributed by atoms with van der Waals surface area (Å²) in [6, 6.07) is -0.0131. The van der Waals surface area contributed by atoms with Gasteiger partial charge < -0.3 is 10.3 Å². The lowest BCUT2D eigenvalue weighted by Crippen LogP contribution is -2.32. The standard InChI is InChI=1S/C9H11N3O/c1-3-4-7(2)12-9(13)8-5-10-6-11-8/h1,5-7H,4H2,2H3,(H,10,11)(H,12,13). The van der Waals surface area contributed by atoms with E-state index in [0.29, 0.717) is 12.1 Å². The van der Waals surface area contributed by atoms with Crippen molar-refractivity contribution in [2.24, 2.45) is 0 Å². The topological polar surface area (TPSA) is 57.8 Å². The van der Waals surface area contributed by atoms with Gasteiger partial charge in [-0.15, -0.1) is 12.3 Å². The van der Waals surface area contributed by atoms with Crippen LogP contribution in [-0.2, 0) is 0 Å². The van der Waals surface area contributed by atoms with Crippen molar-refractivity contribution < 1.29 is 4.79 Å². The van der Waals surface area contributed by atoms with Crippen molar-refractivity contribution in [3.05, 3.63) is 18.2 Å². The van der Waals surface area contributed by atoms with E-state index in [0.717, 1.165) is 0 Å². The first-order valence-electron chi connectivity index (χ1n) is 3.96. The number of aromatic nitrogens is 2. The molecule has 0 saturated heterocycles. The molecule has 2 N–H and O–H groups in total. The van der Waals surface area contributed by atoms with Crippen LogP contribution >= 0.6 is 0 Å². The number of hydrogen-bond acceptors (Lipinski definition) is 2. The largest absolute Gasteiger partial charge is 0.347 e. The second-order valence-electron chi connectivity index (χ2n) is 2.75. The molecule has 0 aliphatic rings. The van der Waals surface area contributed by atoms with Gasteiger partial charge in [-0.3, -0.25) is 4.79 Å². The van der Waals surface area contributed by atoms with Gasteiger partial charge in [0, 0.05) is 12.5 Å². The van der Waals surface area contributed by atoms with Gasteiger partial charge in [0.05, 0.1) is 12.5 Å². The third kappa shape index (κ3) is 2.64. The Kier molecular flexibility index (Phi) is 3.09. The van der Waals surface area contributed by atoms with Gasteiger partial charge in [-0.1, -0.05) is 0 Å². The van der Waals surface area contributed by atoms with E-state index in [1.807, 2.05) is 6.92 Å². The summed E-state index contributed by atoms with van der Waals surface area (Å²) in [5.41, 5.74) is 0.448. The van der Waals surface area contributed by atoms with Gasteiger partial charge in [0.2, 0.25) is 0 Å². The molecule has 0 radical (unpaired) electrons. The maximum absolute atomic E-state index is 11.3. The zero-order chi connectivity index (χ0) is 9.68. The fourth-order valence-corrected chi connectivity index (χ4v) is 0.909. The van der Waals surface area contributed by atoms with Crippen molar-refractivity contribution >= 4 is 5.91 Å². The van der Waals surface area contributed by atoms with Gasteiger partial charge in [-0.25, -0.2) is 4.98 Å². The lowest BCUT2D eigenvalue weighted by molar-refractivity contribution is 0.0936. The van der Waals surface area contributed by atoms with Crippen LogP contribution in [0.3, 0.4) is 0 Å². The van der Waals surface area contributed by atoms with E-state index < -0.39 is 0 Å². The lowest BCUT2D eigenvalue weighted by atomic mass is 10.2. The highest BCUT2D eigenvalue weighted by Crippen LogP contribution is 1.94. The van der Waals surface area contributed by atoms with E-state index in [1.165, 1.54) is 12.5 Å². The van der Waals surface area contributed by atoms with Gasteiger partial charge in [-0.2, -0.15) is 0 Å². The van der Waals surface area contributed by atoms with Gasteiger partial charge >= 0.3 is 0 Å². The van der Waals surface area contributed by atoms with Crippen LogP contribution in [0.2, 0.25) is 0 Å². The SMILES string of the molecule is C#CCC(C)NC(=O)c1cnc[nH]1. The van der Waals surface area contributed by atoms with Crippen molar-refractivity contribution in [2.75, 3.05) is 0 Å². The Morgan fingerprint density at radius 1 is 1.92 bits per heavy atom. The highest BCUT2D eigenvalue weighted by Gasteiger charge is 2.08. The van der Waals surface area contributed by atoms with Gasteiger partial charge in [-0.05, 0) is 6.92 Å². The third-order valence-corrected chi connectivity index (χ3v) is 1.54. The molecule has 1 heterocycles. The summed E-state index contributed by atoms with van der Waals surface area (Å²) in [5.74, 6) is 2.30. The van der Waals surface area contributed by atoms with Crippen LogP contribution in [0, 0.1) is 12.3 Å². The Hall–Kier alpha value is -1.76. The van der Waals surface area contributed by atoms with Crippen LogP contribution in [0.4, 0.5) is 0 Å². The van der Waals surface area contributed by atoms with Crippen molar-refractivity contribution in [1.82, 2.24) is 15.3 Å². The number of nitrogens with zero attached hydrogens (tertiary/aromatic N) is 1. The van der Waals surface area contributed by atoms with Crippen LogP contribution in [0.1, 0.15) is 23.8 Å². The zero-order valence-electron chi connectivity index (χ0n) is 7.37. The molecule has 1 atom stereocenters. The number of carbonyl (C=O) groups excluding carboxylic acids is 1. The molecule has 0 aliphatic heterocycles. The number of aromatic amines is 1. The summed E-state index contributed by atoms with van der Waals surface area (Å²) in [4.78, 5) is 17.8. The minimum atomic E-state index is -0.180. The number of H-pyrrole nitrogens is 1. The maximum Gasteiger partial charge on any atom is 0.269 e. The lowest BCUT2D eigenvalue weighted by Gasteiger charge is -2.08. The van der Waals surface area contributed by atoms with Crippen molar-refractivity contribution in [2.45, 2.75) is 19.4 Å². The molecule has 1 rings (SSSR count). The van der Waals surface area contributed by atoms with Crippen molar-refractivity contribution in [3.63, 3.8) is 0 Å². The van der Waals surface area contributed by atoms with E-state index in [2.05, 4.69) is 21.2 Å². The predicted octanol–water partition coefficient (Wildman–Crippen LogP) is 0.551. The van der Waals surface area contributed by atoms with Gasteiger partial charge in [0.1, 0.15) is 5.69 Å². The average Bonchev–Trinajstić information content (AvgIpc) is 2.55. The molecular formula is C9H11N3O. The van der Waals surface area contributed by atoms with Crippen molar-refractivity contribution in [1.29, 1.82) is 0 Å². The molecule has 0 spiro atoms. The molecule has 1 aromatic rings. The van der Waals surface area contributed by atoms with E-state index in [1.54, 1.807) is 0 Å². The summed E-state index contributed by atoms with van der Waals surface area (Å²) in [6.45, 7) is 1.86. The minimum absolute atomic E-state index is 0.0131. The van der Waals surface area contributed by atoms with Crippen LogP contribution in [-0.4, -0.2) is 21.9 Å². The van der Waals surface area contributed by atoms with Gasteiger partial charge in [0.15, 0.2) is 0 Å². The Bertz CT molecular complexity index is 310. The number of hydrogen-bond donors (Lipinski definition) is 2. The summed E-state index contributed by atoms with van der Waals surface area (Å²) in [6.07, 6.45) is 8.56. The molecule has 0 bridgehead atoms. The summed E-state index contributed by atoms with van der Waals surface area (Å²) < 4.78 is 0. The predicted molar refractivity (Wildman–Crippen MR) is 49.0 cm³/mol. The number of rotatable bonds is 3. The molecule has 1 amide bonds. The summed E-state index contributed by atoms with van der Waals surface area (Å²) >= 11 is 0. The molecule has 0 aliphatic carbocycles.